The van der Waals surface area contributed by atoms with Gasteiger partial charge in [-0.2, -0.15) is 5.10 Å². The van der Waals surface area contributed by atoms with Crippen LogP contribution in [-0.2, 0) is 17.1 Å². The van der Waals surface area contributed by atoms with E-state index in [1.165, 1.54) is 15.2 Å². The number of anilines is 1. The number of aryl methyl sites for hydroxylation is 1. The van der Waals surface area contributed by atoms with E-state index < -0.39 is 10.0 Å². The van der Waals surface area contributed by atoms with Gasteiger partial charge >= 0.3 is 0 Å². The molecule has 1 N–H and O–H groups in total. The normalized spacial score (nSPS) is 17.9. The van der Waals surface area contributed by atoms with Crippen LogP contribution < -0.4 is 10.9 Å². The van der Waals surface area contributed by atoms with Crippen molar-refractivity contribution in [1.82, 2.24) is 14.1 Å². The van der Waals surface area contributed by atoms with E-state index in [0.717, 1.165) is 12.8 Å². The summed E-state index contributed by atoms with van der Waals surface area (Å²) in [7, 11) is -1.49. The van der Waals surface area contributed by atoms with E-state index in [1.54, 1.807) is 13.2 Å². The van der Waals surface area contributed by atoms with Gasteiger partial charge in [-0.1, -0.05) is 0 Å². The molecule has 2 heterocycles. The van der Waals surface area contributed by atoms with Gasteiger partial charge in [0.05, 0.1) is 18.1 Å². The SMILES string of the molecule is Cn1ncc(NCC2CCN(S(C)(=O)=O)CC2)c(Br)c1=O. The standard InChI is InChI=1S/C12H19BrN4O3S/c1-16-12(18)11(13)10(8-15-16)14-7-9-3-5-17(6-4-9)21(2,19)20/h8-9,14H,3-7H2,1-2H3. The highest BCUT2D eigenvalue weighted by atomic mass is 79.9. The predicted molar refractivity (Wildman–Crippen MR) is 84.8 cm³/mol. The maximum Gasteiger partial charge on any atom is 0.282 e. The Morgan fingerprint density at radius 1 is 1.43 bits per heavy atom. The summed E-state index contributed by atoms with van der Waals surface area (Å²) in [6.07, 6.45) is 4.48. The fourth-order valence-corrected chi connectivity index (χ4v) is 3.71. The maximum atomic E-state index is 11.7. The maximum absolute atomic E-state index is 11.7. The first-order valence-electron chi connectivity index (χ1n) is 6.70. The summed E-state index contributed by atoms with van der Waals surface area (Å²) in [5.41, 5.74) is 0.482. The minimum atomic E-state index is -3.08. The second kappa shape index (κ2) is 6.45. The van der Waals surface area contributed by atoms with Crippen LogP contribution in [0.5, 0.6) is 0 Å². The van der Waals surface area contributed by atoms with E-state index in [0.29, 0.717) is 35.7 Å². The lowest BCUT2D eigenvalue weighted by Gasteiger charge is -2.30. The molecule has 1 aliphatic rings. The molecule has 0 bridgehead atoms. The molecule has 1 aromatic heterocycles. The molecule has 0 spiro atoms. The number of nitrogens with one attached hydrogen (secondary N) is 1. The van der Waals surface area contributed by atoms with Crippen molar-refractivity contribution in [1.29, 1.82) is 0 Å². The zero-order valence-electron chi connectivity index (χ0n) is 12.0. The zero-order chi connectivity index (χ0) is 15.6. The molecule has 7 nitrogen and oxygen atoms in total. The minimum absolute atomic E-state index is 0.188. The summed E-state index contributed by atoms with van der Waals surface area (Å²) in [5.74, 6) is 0.388. The first-order chi connectivity index (χ1) is 9.79. The van der Waals surface area contributed by atoms with Gasteiger partial charge in [0, 0.05) is 26.7 Å². The zero-order valence-corrected chi connectivity index (χ0v) is 14.4. The second-order valence-electron chi connectivity index (χ2n) is 5.29. The molecule has 0 radical (unpaired) electrons. The van der Waals surface area contributed by atoms with E-state index >= 15 is 0 Å². The van der Waals surface area contributed by atoms with Gasteiger partial charge in [-0.05, 0) is 34.7 Å². The molecule has 2 rings (SSSR count). The van der Waals surface area contributed by atoms with E-state index in [2.05, 4.69) is 26.3 Å². The molecular formula is C12H19BrN4O3S. The summed E-state index contributed by atoms with van der Waals surface area (Å²) in [6.45, 7) is 1.81. The molecule has 1 aliphatic heterocycles. The number of halogens is 1. The highest BCUT2D eigenvalue weighted by Gasteiger charge is 2.24. The van der Waals surface area contributed by atoms with Crippen molar-refractivity contribution in [3.63, 3.8) is 0 Å². The highest BCUT2D eigenvalue weighted by molar-refractivity contribution is 9.10. The van der Waals surface area contributed by atoms with Gasteiger partial charge in [-0.25, -0.2) is 17.4 Å². The topological polar surface area (TPSA) is 84.3 Å². The van der Waals surface area contributed by atoms with E-state index in [-0.39, 0.29) is 5.56 Å². The van der Waals surface area contributed by atoms with Crippen molar-refractivity contribution in [3.05, 3.63) is 21.0 Å². The Balaban J connectivity index is 1.91. The Kier molecular flexibility index (Phi) is 5.05. The second-order valence-corrected chi connectivity index (χ2v) is 8.06. The molecule has 0 aliphatic carbocycles. The third-order valence-electron chi connectivity index (χ3n) is 3.70. The predicted octanol–water partition coefficient (Wildman–Crippen LogP) is 0.626. The molecule has 9 heteroatoms. The van der Waals surface area contributed by atoms with Crippen molar-refractivity contribution in [2.75, 3.05) is 31.2 Å². The minimum Gasteiger partial charge on any atom is -0.382 e. The third-order valence-corrected chi connectivity index (χ3v) is 5.77. The van der Waals surface area contributed by atoms with Crippen LogP contribution in [0.4, 0.5) is 5.69 Å². The number of nitrogens with zero attached hydrogens (tertiary/aromatic N) is 3. The van der Waals surface area contributed by atoms with Gasteiger partial charge in [0.15, 0.2) is 0 Å². The smallest absolute Gasteiger partial charge is 0.282 e. The van der Waals surface area contributed by atoms with E-state index in [1.807, 2.05) is 0 Å². The van der Waals surface area contributed by atoms with Gasteiger partial charge in [-0.3, -0.25) is 4.79 Å². The first-order valence-corrected chi connectivity index (χ1v) is 9.34. The van der Waals surface area contributed by atoms with Crippen LogP contribution in [-0.4, -0.2) is 48.4 Å². The van der Waals surface area contributed by atoms with Gasteiger partial charge in [0.2, 0.25) is 10.0 Å². The Bertz CT molecular complexity index is 666. The first kappa shape index (κ1) is 16.4. The molecular weight excluding hydrogens is 360 g/mol. The van der Waals surface area contributed by atoms with Crippen molar-refractivity contribution in [2.45, 2.75) is 12.8 Å². The average Bonchev–Trinajstić information content (AvgIpc) is 2.43. The monoisotopic (exact) mass is 378 g/mol. The molecule has 1 fully saturated rings. The number of rotatable bonds is 4. The van der Waals surface area contributed by atoms with E-state index in [9.17, 15) is 13.2 Å². The summed E-state index contributed by atoms with van der Waals surface area (Å²) in [4.78, 5) is 11.7. The highest BCUT2D eigenvalue weighted by Crippen LogP contribution is 2.21. The van der Waals surface area contributed by atoms with Crippen molar-refractivity contribution < 1.29 is 8.42 Å². The van der Waals surface area contributed by atoms with Crippen molar-refractivity contribution in [3.8, 4) is 0 Å². The number of hydrogen-bond acceptors (Lipinski definition) is 5. The quantitative estimate of drug-likeness (QED) is 0.830. The molecule has 21 heavy (non-hydrogen) atoms. The Morgan fingerprint density at radius 2 is 2.05 bits per heavy atom. The van der Waals surface area contributed by atoms with Gasteiger partial charge < -0.3 is 5.32 Å². The molecule has 1 saturated heterocycles. The number of piperidine rings is 1. The number of sulfonamides is 1. The number of hydrogen-bond donors (Lipinski definition) is 1. The van der Waals surface area contributed by atoms with Gasteiger partial charge in [-0.15, -0.1) is 0 Å². The van der Waals surface area contributed by atoms with Gasteiger partial charge in [0.1, 0.15) is 4.47 Å². The van der Waals surface area contributed by atoms with Crippen molar-refractivity contribution >= 4 is 31.6 Å². The Labute approximate surface area is 132 Å². The van der Waals surface area contributed by atoms with Crippen molar-refractivity contribution in [2.24, 2.45) is 13.0 Å². The Morgan fingerprint density at radius 3 is 2.62 bits per heavy atom. The summed E-state index contributed by atoms with van der Waals surface area (Å²) in [6, 6.07) is 0. The summed E-state index contributed by atoms with van der Waals surface area (Å²) < 4.78 is 26.1. The summed E-state index contributed by atoms with van der Waals surface area (Å²) >= 11 is 3.27. The molecule has 0 atom stereocenters. The molecule has 0 saturated carbocycles. The largest absolute Gasteiger partial charge is 0.382 e. The third kappa shape index (κ3) is 4.04. The average molecular weight is 379 g/mol. The molecule has 118 valence electrons. The lowest BCUT2D eigenvalue weighted by molar-refractivity contribution is 0.283. The molecule has 1 aromatic rings. The summed E-state index contributed by atoms with van der Waals surface area (Å²) in [5, 5.41) is 7.19. The van der Waals surface area contributed by atoms with Crippen LogP contribution >= 0.6 is 15.9 Å². The molecule has 0 unspecified atom stereocenters. The van der Waals surface area contributed by atoms with E-state index in [4.69, 9.17) is 0 Å². The number of aromatic nitrogens is 2. The molecule has 0 aromatic carbocycles. The van der Waals surface area contributed by atoms with Crippen LogP contribution in [0, 0.1) is 5.92 Å². The van der Waals surface area contributed by atoms with Gasteiger partial charge in [0.25, 0.3) is 5.56 Å². The van der Waals surface area contributed by atoms with Crippen LogP contribution in [0.3, 0.4) is 0 Å². The van der Waals surface area contributed by atoms with Crippen LogP contribution in [0.15, 0.2) is 15.5 Å². The fourth-order valence-electron chi connectivity index (χ4n) is 2.33. The van der Waals surface area contributed by atoms with Crippen LogP contribution in [0.25, 0.3) is 0 Å². The Hall–Kier alpha value is -0.930. The van der Waals surface area contributed by atoms with Crippen LogP contribution in [0.2, 0.25) is 0 Å². The molecule has 0 amide bonds. The van der Waals surface area contributed by atoms with Crippen LogP contribution in [0.1, 0.15) is 12.8 Å². The lowest BCUT2D eigenvalue weighted by Crippen LogP contribution is -2.39. The fraction of sp³-hybridized carbons (Fsp3) is 0.667. The lowest BCUT2D eigenvalue weighted by atomic mass is 9.98.